The second-order valence-corrected chi connectivity index (χ2v) is 11.2. The highest BCUT2D eigenvalue weighted by atomic mass is 32.2. The van der Waals surface area contributed by atoms with Crippen LogP contribution >= 0.6 is 11.8 Å². The van der Waals surface area contributed by atoms with Crippen molar-refractivity contribution in [3.05, 3.63) is 48.2 Å². The lowest BCUT2D eigenvalue weighted by Crippen LogP contribution is -2.40. The van der Waals surface area contributed by atoms with Crippen LogP contribution in [0.4, 0.5) is 5.69 Å². The van der Waals surface area contributed by atoms with Crippen LogP contribution in [-0.4, -0.2) is 30.1 Å². The molecule has 0 atom stereocenters. The highest BCUT2D eigenvalue weighted by molar-refractivity contribution is 8.00. The average molecular weight is 434 g/mol. The number of rotatable bonds is 6. The van der Waals surface area contributed by atoms with Crippen molar-refractivity contribution in [3.63, 3.8) is 0 Å². The lowest BCUT2D eigenvalue weighted by molar-refractivity contribution is 0.102. The van der Waals surface area contributed by atoms with Crippen molar-refractivity contribution in [1.29, 1.82) is 0 Å². The Bertz CT molecular complexity index is 979. The van der Waals surface area contributed by atoms with Crippen LogP contribution in [0.15, 0.2) is 52.5 Å². The monoisotopic (exact) mass is 433 g/mol. The lowest BCUT2D eigenvalue weighted by Gasteiger charge is -2.20. The van der Waals surface area contributed by atoms with E-state index in [0.29, 0.717) is 16.5 Å². The summed E-state index contributed by atoms with van der Waals surface area (Å²) < 4.78 is 27.8. The summed E-state index contributed by atoms with van der Waals surface area (Å²) in [5.74, 6) is -0.295. The van der Waals surface area contributed by atoms with Gasteiger partial charge >= 0.3 is 0 Å². The van der Waals surface area contributed by atoms with E-state index >= 15 is 0 Å². The van der Waals surface area contributed by atoms with E-state index in [-0.39, 0.29) is 10.8 Å². The molecule has 0 radical (unpaired) electrons. The maximum absolute atomic E-state index is 12.9. The molecule has 8 heteroatoms. The predicted octanol–water partition coefficient (Wildman–Crippen LogP) is 4.45. The first-order valence-corrected chi connectivity index (χ1v) is 12.1. The Balaban J connectivity index is 1.78. The van der Waals surface area contributed by atoms with Crippen LogP contribution in [0.5, 0.6) is 0 Å². The minimum Gasteiger partial charge on any atom is -0.322 e. The molecule has 0 bridgehead atoms. The van der Waals surface area contributed by atoms with E-state index in [9.17, 15) is 13.2 Å². The van der Waals surface area contributed by atoms with Crippen molar-refractivity contribution >= 4 is 33.4 Å². The second-order valence-electron chi connectivity index (χ2n) is 8.22. The van der Waals surface area contributed by atoms with E-state index in [1.54, 1.807) is 63.0 Å². The highest BCUT2D eigenvalue weighted by Crippen LogP contribution is 2.35. The van der Waals surface area contributed by atoms with E-state index < -0.39 is 15.6 Å². The fourth-order valence-corrected chi connectivity index (χ4v) is 5.98. The molecular weight excluding hydrogens is 406 g/mol. The van der Waals surface area contributed by atoms with Gasteiger partial charge in [-0.05, 0) is 63.9 Å². The van der Waals surface area contributed by atoms with Crippen LogP contribution in [-0.2, 0) is 10.0 Å². The fourth-order valence-electron chi connectivity index (χ4n) is 3.22. The number of nitrogens with zero attached hydrogens (tertiary/aromatic N) is 1. The van der Waals surface area contributed by atoms with Gasteiger partial charge in [0.2, 0.25) is 10.0 Å². The van der Waals surface area contributed by atoms with Gasteiger partial charge in [0.25, 0.3) is 5.91 Å². The topological polar surface area (TPSA) is 88.2 Å². The summed E-state index contributed by atoms with van der Waals surface area (Å²) in [4.78, 5) is 17.4. The van der Waals surface area contributed by atoms with Gasteiger partial charge < -0.3 is 5.32 Å². The van der Waals surface area contributed by atoms with Gasteiger partial charge in [-0.2, -0.15) is 0 Å². The molecule has 2 aromatic rings. The van der Waals surface area contributed by atoms with Crippen molar-refractivity contribution < 1.29 is 13.2 Å². The molecule has 6 nitrogen and oxygen atoms in total. The standard InChI is InChI=1S/C21H27N3O3S2/c1-21(2,3)24-29(26,27)17-11-6-8-15(14-17)23-19(25)18-12-7-13-22-20(18)28-16-9-4-5-10-16/h6-8,11-14,16,24H,4-5,9-10H2,1-3H3,(H,23,25). The summed E-state index contributed by atoms with van der Waals surface area (Å²) in [6, 6.07) is 9.75. The van der Waals surface area contributed by atoms with Gasteiger partial charge in [-0.25, -0.2) is 18.1 Å². The zero-order valence-corrected chi connectivity index (χ0v) is 18.6. The molecule has 3 rings (SSSR count). The molecule has 1 aromatic heterocycles. The van der Waals surface area contributed by atoms with E-state index in [2.05, 4.69) is 15.0 Å². The van der Waals surface area contributed by atoms with Gasteiger partial charge in [0, 0.05) is 22.7 Å². The Morgan fingerprint density at radius 2 is 1.86 bits per heavy atom. The summed E-state index contributed by atoms with van der Waals surface area (Å²) in [7, 11) is -3.68. The molecule has 1 aliphatic carbocycles. The van der Waals surface area contributed by atoms with Crippen LogP contribution in [0.25, 0.3) is 0 Å². The Hall–Kier alpha value is -1.90. The van der Waals surface area contributed by atoms with Gasteiger partial charge in [-0.3, -0.25) is 4.79 Å². The first-order chi connectivity index (χ1) is 13.6. The number of thioether (sulfide) groups is 1. The van der Waals surface area contributed by atoms with E-state index in [1.807, 2.05) is 0 Å². The minimum absolute atomic E-state index is 0.108. The predicted molar refractivity (Wildman–Crippen MR) is 117 cm³/mol. The van der Waals surface area contributed by atoms with Gasteiger partial charge in [0.05, 0.1) is 10.5 Å². The Labute approximate surface area is 176 Å². The number of aromatic nitrogens is 1. The largest absolute Gasteiger partial charge is 0.322 e. The number of carbonyl (C=O) groups excluding carboxylic acids is 1. The maximum atomic E-state index is 12.9. The summed E-state index contributed by atoms with van der Waals surface area (Å²) >= 11 is 1.65. The average Bonchev–Trinajstić information content (AvgIpc) is 3.13. The van der Waals surface area contributed by atoms with Crippen molar-refractivity contribution in [3.8, 4) is 0 Å². The molecule has 2 N–H and O–H groups in total. The number of sulfonamides is 1. The van der Waals surface area contributed by atoms with E-state index in [1.165, 1.54) is 25.0 Å². The van der Waals surface area contributed by atoms with Crippen LogP contribution in [0, 0.1) is 0 Å². The number of benzene rings is 1. The Kier molecular flexibility index (Phi) is 6.65. The molecular formula is C21H27N3O3S2. The normalized spacial score (nSPS) is 15.4. The van der Waals surface area contributed by atoms with Crippen LogP contribution in [0.1, 0.15) is 56.8 Å². The molecule has 0 spiro atoms. The van der Waals surface area contributed by atoms with Crippen LogP contribution in [0.2, 0.25) is 0 Å². The van der Waals surface area contributed by atoms with Gasteiger partial charge in [-0.15, -0.1) is 11.8 Å². The van der Waals surface area contributed by atoms with Crippen LogP contribution < -0.4 is 10.0 Å². The summed E-state index contributed by atoms with van der Waals surface area (Å²) in [5.41, 5.74) is 0.332. The zero-order chi connectivity index (χ0) is 21.1. The minimum atomic E-state index is -3.68. The number of hydrogen-bond donors (Lipinski definition) is 2. The summed E-state index contributed by atoms with van der Waals surface area (Å²) in [6.07, 6.45) is 6.41. The van der Waals surface area contributed by atoms with Gasteiger partial charge in [0.1, 0.15) is 5.03 Å². The molecule has 0 aliphatic heterocycles. The number of hydrogen-bond acceptors (Lipinski definition) is 5. The molecule has 156 valence electrons. The first kappa shape index (κ1) is 21.8. The third kappa shape index (κ3) is 6.04. The smallest absolute Gasteiger partial charge is 0.258 e. The molecule has 1 aromatic carbocycles. The first-order valence-electron chi connectivity index (χ1n) is 9.71. The number of amides is 1. The van der Waals surface area contributed by atoms with Crippen LogP contribution in [0.3, 0.4) is 0 Å². The van der Waals surface area contributed by atoms with Crippen molar-refractivity contribution in [2.75, 3.05) is 5.32 Å². The lowest BCUT2D eigenvalue weighted by atomic mass is 10.1. The number of pyridine rings is 1. The second kappa shape index (κ2) is 8.85. The number of nitrogens with one attached hydrogen (secondary N) is 2. The van der Waals surface area contributed by atoms with E-state index in [4.69, 9.17) is 0 Å². The molecule has 0 saturated heterocycles. The van der Waals surface area contributed by atoms with Crippen molar-refractivity contribution in [2.24, 2.45) is 0 Å². The summed E-state index contributed by atoms with van der Waals surface area (Å²) in [5, 5.41) is 4.03. The van der Waals surface area contributed by atoms with Crippen molar-refractivity contribution in [1.82, 2.24) is 9.71 Å². The molecule has 0 unspecified atom stereocenters. The Morgan fingerprint density at radius 1 is 1.14 bits per heavy atom. The van der Waals surface area contributed by atoms with Gasteiger partial charge in [-0.1, -0.05) is 18.9 Å². The Morgan fingerprint density at radius 3 is 2.55 bits per heavy atom. The van der Waals surface area contributed by atoms with Crippen molar-refractivity contribution in [2.45, 2.75) is 67.2 Å². The quantitative estimate of drug-likeness (QED) is 0.703. The molecule has 1 fully saturated rings. The molecule has 1 amide bonds. The summed E-state index contributed by atoms with van der Waals surface area (Å²) in [6.45, 7) is 5.34. The SMILES string of the molecule is CC(C)(C)NS(=O)(=O)c1cccc(NC(=O)c2cccnc2SC2CCCC2)c1. The molecule has 1 aliphatic rings. The van der Waals surface area contributed by atoms with Gasteiger partial charge in [0.15, 0.2) is 0 Å². The van der Waals surface area contributed by atoms with E-state index in [0.717, 1.165) is 17.9 Å². The molecule has 1 heterocycles. The highest BCUT2D eigenvalue weighted by Gasteiger charge is 2.23. The molecule has 29 heavy (non-hydrogen) atoms. The zero-order valence-electron chi connectivity index (χ0n) is 16.9. The number of carbonyl (C=O) groups is 1. The fraction of sp³-hybridized carbons (Fsp3) is 0.429. The third-order valence-corrected chi connectivity index (χ3v) is 7.55. The molecule has 1 saturated carbocycles. The third-order valence-electron chi connectivity index (χ3n) is 4.44. The maximum Gasteiger partial charge on any atom is 0.258 e. The number of anilines is 1.